The predicted molar refractivity (Wildman–Crippen MR) is 162 cm³/mol. The van der Waals surface area contributed by atoms with Crippen LogP contribution in [0.4, 0.5) is 0 Å². The van der Waals surface area contributed by atoms with E-state index in [2.05, 4.69) is 23.8 Å². The average molecular weight is 384 g/mol. The van der Waals surface area contributed by atoms with Crippen LogP contribution in [0.1, 0.15) is 25.3 Å². The Morgan fingerprint density at radius 1 is 0.710 bits per heavy atom. The van der Waals surface area contributed by atoms with Gasteiger partial charge in [0, 0.05) is 162 Å². The van der Waals surface area contributed by atoms with Gasteiger partial charge in [-0.25, -0.2) is 9.97 Å². The van der Waals surface area contributed by atoms with E-state index in [1.165, 1.54) is 7.06 Å². The van der Waals surface area contributed by atoms with E-state index in [-0.39, 0.29) is 0 Å². The van der Waals surface area contributed by atoms with Crippen LogP contribution in [0.5, 0.6) is 0 Å². The summed E-state index contributed by atoms with van der Waals surface area (Å²) >= 11 is 5.49. The SMILES string of the molecule is CC(C)c1cnc(Cl)nc1.[B][B]B(B([B])[B])B(B(B([B])[B])B([B])[B])B(B([B])[B])B([B])[B]. The lowest BCUT2D eigenvalue weighted by Crippen LogP contribution is -2.81. The molecule has 0 bridgehead atoms. The zero-order valence-electron chi connectivity index (χ0n) is 18.1. The fourth-order valence-corrected chi connectivity index (χ4v) is 3.54. The molecular formula is C7H9B21ClN2. The van der Waals surface area contributed by atoms with Gasteiger partial charge in [-0.2, -0.15) is 0 Å². The Bertz CT molecular complexity index is 562. The normalized spacial score (nSPS) is 9.55. The summed E-state index contributed by atoms with van der Waals surface area (Å²) in [5.41, 5.74) is 1.12. The Hall–Kier alpha value is 0.734. The van der Waals surface area contributed by atoms with Gasteiger partial charge in [0.25, 0.3) is 0 Å². The van der Waals surface area contributed by atoms with Crippen molar-refractivity contribution in [3.8, 4) is 0 Å². The topological polar surface area (TPSA) is 25.8 Å². The van der Waals surface area contributed by atoms with Gasteiger partial charge in [-0.15, -0.1) is 0 Å². The van der Waals surface area contributed by atoms with E-state index < -0.39 is 57.5 Å². The molecule has 1 aromatic heterocycles. The van der Waals surface area contributed by atoms with Crippen molar-refractivity contribution in [3.05, 3.63) is 23.2 Å². The third-order valence-electron chi connectivity index (χ3n) is 5.08. The lowest BCUT2D eigenvalue weighted by atomic mass is 8.38. The Labute approximate surface area is 213 Å². The summed E-state index contributed by atoms with van der Waals surface area (Å²) in [6.45, 7) is 4.18. The maximum absolute atomic E-state index is 5.79. The molecule has 0 unspecified atom stereocenters. The van der Waals surface area contributed by atoms with Crippen molar-refractivity contribution in [2.75, 3.05) is 0 Å². The standard InChI is InChI=1S/C7H9ClN2.B21/c1-5(2)6-3-9-7(8)10-4-6;1-12-18(13(2)3)21(19(14(4)5)15(6)7)20(16(8)9)17(10)11/h3-5H,1-2H3;. The zero-order valence-corrected chi connectivity index (χ0v) is 18.9. The Morgan fingerprint density at radius 2 is 1.06 bits per heavy atom. The molecule has 0 N–H and O–H groups in total. The summed E-state index contributed by atoms with van der Waals surface area (Å²) in [5, 5.41) is 0.310. The van der Waals surface area contributed by atoms with Crippen molar-refractivity contribution in [1.82, 2.24) is 9.97 Å². The highest BCUT2D eigenvalue weighted by atomic mass is 35.5. The minimum atomic E-state index is -0.879. The van der Waals surface area contributed by atoms with Crippen LogP contribution in [0.3, 0.4) is 0 Å². The van der Waals surface area contributed by atoms with Crippen LogP contribution >= 0.6 is 11.6 Å². The molecule has 1 aromatic rings. The maximum Gasteiger partial charge on any atom is 0.222 e. The summed E-state index contributed by atoms with van der Waals surface area (Å²) in [5.74, 6) is 0.470. The molecule has 0 aromatic carbocycles. The molecule has 2 nitrogen and oxygen atoms in total. The molecule has 31 heavy (non-hydrogen) atoms. The van der Waals surface area contributed by atoms with E-state index in [0.717, 1.165) is 5.56 Å². The van der Waals surface area contributed by atoms with Gasteiger partial charge in [-0.05, 0) is 23.1 Å². The lowest BCUT2D eigenvalue weighted by molar-refractivity contribution is 0.846. The monoisotopic (exact) mass is 387 g/mol. The quantitative estimate of drug-likeness (QED) is 0.297. The number of nitrogens with zero attached hydrogens (tertiary/aromatic N) is 2. The van der Waals surface area contributed by atoms with Crippen LogP contribution in [0.25, 0.3) is 0 Å². The van der Waals surface area contributed by atoms with Crippen molar-refractivity contribution < 1.29 is 0 Å². The molecular weight excluding hydrogens is 375 g/mol. The second-order valence-corrected chi connectivity index (χ2v) is 8.17. The summed E-state index contributed by atoms with van der Waals surface area (Å²) in [6.07, 6.45) is -3.28. The number of halogens is 1. The minimum absolute atomic E-state index is 0.310. The van der Waals surface area contributed by atoms with E-state index in [1.807, 2.05) is 0 Å². The lowest BCUT2D eigenvalue weighted by Gasteiger charge is -2.43. The molecule has 0 aliphatic rings. The Kier molecular flexibility index (Phi) is 16.0. The second-order valence-electron chi connectivity index (χ2n) is 7.83. The zero-order chi connectivity index (χ0) is 24.5. The molecule has 0 amide bonds. The molecule has 24 heteroatoms. The van der Waals surface area contributed by atoms with Gasteiger partial charge in [0.1, 0.15) is 0 Å². The predicted octanol–water partition coefficient (Wildman–Crippen LogP) is -5.74. The molecule has 0 aliphatic carbocycles. The molecule has 1 rings (SSSR count). The van der Waals surface area contributed by atoms with Crippen LogP contribution in [0.15, 0.2) is 12.4 Å². The van der Waals surface area contributed by atoms with E-state index in [1.54, 1.807) is 12.4 Å². The van der Waals surface area contributed by atoms with E-state index in [0.29, 0.717) is 11.2 Å². The molecule has 0 atom stereocenters. The fraction of sp³-hybridized carbons (Fsp3) is 0.429. The molecule has 23 radical (unpaired) electrons. The third-order valence-corrected chi connectivity index (χ3v) is 5.28. The third kappa shape index (κ3) is 10.7. The summed E-state index contributed by atoms with van der Waals surface area (Å²) in [6, 6.07) is 0. The first kappa shape index (κ1) is 31.7. The first-order valence-corrected chi connectivity index (χ1v) is 10.2. The summed E-state index contributed by atoms with van der Waals surface area (Å²) < 4.78 is 0. The molecule has 1 heterocycles. The molecule has 0 saturated heterocycles. The van der Waals surface area contributed by atoms with E-state index >= 15 is 0 Å². The van der Waals surface area contributed by atoms with Crippen molar-refractivity contribution in [3.63, 3.8) is 0 Å². The Morgan fingerprint density at radius 3 is 1.29 bits per heavy atom. The summed E-state index contributed by atoms with van der Waals surface area (Å²) in [4.78, 5) is 7.71. The van der Waals surface area contributed by atoms with Crippen LogP contribution in [0.2, 0.25) is 5.28 Å². The number of hydrogen-bond acceptors (Lipinski definition) is 2. The number of aromatic nitrogens is 2. The highest BCUT2D eigenvalue weighted by Gasteiger charge is 2.45. The van der Waals surface area contributed by atoms with Crippen molar-refractivity contribution in [2.24, 2.45) is 0 Å². The highest BCUT2D eigenvalue weighted by Crippen LogP contribution is 2.11. The van der Waals surface area contributed by atoms with Crippen molar-refractivity contribution in [1.29, 1.82) is 0 Å². The van der Waals surface area contributed by atoms with Gasteiger partial charge in [0.2, 0.25) is 5.28 Å². The molecule has 117 valence electrons. The first-order valence-electron chi connectivity index (χ1n) is 9.84. The van der Waals surface area contributed by atoms with Gasteiger partial charge in [0.05, 0.1) is 0 Å². The van der Waals surface area contributed by atoms with Crippen LogP contribution < -0.4 is 0 Å². The van der Waals surface area contributed by atoms with Crippen LogP contribution in [0, 0.1) is 0 Å². The molecule has 0 aliphatic heterocycles. The van der Waals surface area contributed by atoms with Crippen molar-refractivity contribution in [2.45, 2.75) is 19.8 Å². The highest BCUT2D eigenvalue weighted by molar-refractivity contribution is 8.20. The first-order chi connectivity index (χ1) is 14.3. The van der Waals surface area contributed by atoms with Gasteiger partial charge >= 0.3 is 0 Å². The molecule has 0 fully saturated rings. The molecule has 0 saturated carbocycles. The fourth-order valence-electron chi connectivity index (χ4n) is 3.44. The van der Waals surface area contributed by atoms with Crippen molar-refractivity contribution >= 4 is 161 Å². The van der Waals surface area contributed by atoms with Gasteiger partial charge in [0.15, 0.2) is 0 Å². The van der Waals surface area contributed by atoms with Gasteiger partial charge in [-0.1, -0.05) is 13.8 Å². The van der Waals surface area contributed by atoms with E-state index in [4.69, 9.17) is 96.7 Å². The minimum Gasteiger partial charge on any atom is -0.226 e. The smallest absolute Gasteiger partial charge is 0.222 e. The van der Waals surface area contributed by atoms with Gasteiger partial charge < -0.3 is 0 Å². The van der Waals surface area contributed by atoms with Crippen LogP contribution in [-0.4, -0.2) is 160 Å². The van der Waals surface area contributed by atoms with E-state index in [9.17, 15) is 0 Å². The molecule has 0 spiro atoms. The Balaban J connectivity index is 0.000000743. The average Bonchev–Trinajstić information content (AvgIpc) is 2.61. The largest absolute Gasteiger partial charge is 0.226 e. The second kappa shape index (κ2) is 15.6. The van der Waals surface area contributed by atoms with Crippen LogP contribution in [-0.2, 0) is 0 Å². The summed E-state index contributed by atoms with van der Waals surface area (Å²) in [7, 11) is 64.8. The number of hydrogen-bond donors (Lipinski definition) is 0. The number of rotatable bonds is 10. The maximum atomic E-state index is 5.79. The van der Waals surface area contributed by atoms with Gasteiger partial charge in [-0.3, -0.25) is 0 Å².